The maximum atomic E-state index is 13.9. The van der Waals surface area contributed by atoms with Crippen LogP contribution in [-0.2, 0) is 7.05 Å². The number of benzene rings is 2. The van der Waals surface area contributed by atoms with E-state index in [-0.39, 0.29) is 11.3 Å². The lowest BCUT2D eigenvalue weighted by molar-refractivity contribution is 0.431. The number of nitrogens with one attached hydrogen (secondary N) is 1. The van der Waals surface area contributed by atoms with Gasteiger partial charge in [-0.3, -0.25) is 4.68 Å². The predicted molar refractivity (Wildman–Crippen MR) is 91.2 cm³/mol. The molecule has 26 heavy (non-hydrogen) atoms. The highest BCUT2D eigenvalue weighted by atomic mass is 19.1. The van der Waals surface area contributed by atoms with E-state index in [2.05, 4.69) is 20.2 Å². The number of H-pyrrole nitrogens is 1. The van der Waals surface area contributed by atoms with Crippen LogP contribution in [0.4, 0.5) is 8.78 Å². The Bertz CT molecular complexity index is 1280. The van der Waals surface area contributed by atoms with Crippen molar-refractivity contribution in [2.75, 3.05) is 0 Å². The molecule has 0 aliphatic heterocycles. The second-order valence-electron chi connectivity index (χ2n) is 6.00. The summed E-state index contributed by atoms with van der Waals surface area (Å²) in [4.78, 5) is 7.27. The molecule has 5 aromatic rings. The summed E-state index contributed by atoms with van der Waals surface area (Å²) in [5, 5.41) is 9.46. The van der Waals surface area contributed by atoms with Crippen LogP contribution in [0.1, 0.15) is 0 Å². The second kappa shape index (κ2) is 5.22. The molecule has 6 nitrogen and oxygen atoms in total. The third-order valence-corrected chi connectivity index (χ3v) is 4.32. The Morgan fingerprint density at radius 1 is 1.12 bits per heavy atom. The number of hydrogen-bond acceptors (Lipinski definition) is 4. The van der Waals surface area contributed by atoms with E-state index in [9.17, 15) is 8.78 Å². The number of aromatic amines is 1. The molecule has 8 heteroatoms. The maximum absolute atomic E-state index is 13.9. The van der Waals surface area contributed by atoms with E-state index in [1.807, 2.05) is 25.2 Å². The molecule has 0 radical (unpaired) electrons. The first kappa shape index (κ1) is 14.8. The van der Waals surface area contributed by atoms with Crippen molar-refractivity contribution in [1.82, 2.24) is 24.9 Å². The second-order valence-corrected chi connectivity index (χ2v) is 6.00. The molecule has 3 aromatic heterocycles. The minimum Gasteiger partial charge on any atom is -0.350 e. The van der Waals surface area contributed by atoms with E-state index in [1.54, 1.807) is 10.9 Å². The zero-order valence-corrected chi connectivity index (χ0v) is 13.5. The highest BCUT2D eigenvalue weighted by Gasteiger charge is 2.16. The van der Waals surface area contributed by atoms with Crippen molar-refractivity contribution in [2.45, 2.75) is 0 Å². The van der Waals surface area contributed by atoms with Crippen LogP contribution in [0.3, 0.4) is 0 Å². The van der Waals surface area contributed by atoms with E-state index < -0.39 is 11.6 Å². The van der Waals surface area contributed by atoms with Crippen LogP contribution in [-0.4, -0.2) is 24.9 Å². The molecular weight excluding hydrogens is 340 g/mol. The van der Waals surface area contributed by atoms with Gasteiger partial charge in [0.05, 0.1) is 17.2 Å². The van der Waals surface area contributed by atoms with Gasteiger partial charge in [-0.1, -0.05) is 17.3 Å². The Hall–Kier alpha value is -3.55. The van der Waals surface area contributed by atoms with Crippen LogP contribution in [0.5, 0.6) is 0 Å². The summed E-state index contributed by atoms with van der Waals surface area (Å²) < 4.78 is 34.3. The predicted octanol–water partition coefficient (Wildman–Crippen LogP) is 4.05. The zero-order valence-electron chi connectivity index (χ0n) is 13.5. The summed E-state index contributed by atoms with van der Waals surface area (Å²) in [6.45, 7) is 0. The van der Waals surface area contributed by atoms with Gasteiger partial charge >= 0.3 is 0 Å². The van der Waals surface area contributed by atoms with Gasteiger partial charge in [0, 0.05) is 29.4 Å². The lowest BCUT2D eigenvalue weighted by Crippen LogP contribution is -1.89. The Kier molecular flexibility index (Phi) is 2.96. The number of rotatable bonds is 2. The first-order chi connectivity index (χ1) is 12.6. The average molecular weight is 351 g/mol. The van der Waals surface area contributed by atoms with Gasteiger partial charge in [-0.25, -0.2) is 8.78 Å². The largest absolute Gasteiger partial charge is 0.350 e. The highest BCUT2D eigenvalue weighted by molar-refractivity contribution is 5.86. The summed E-state index contributed by atoms with van der Waals surface area (Å²) in [6, 6.07) is 9.29. The van der Waals surface area contributed by atoms with Crippen molar-refractivity contribution in [2.24, 2.45) is 7.05 Å². The standard InChI is InChI=1S/C18H11F2N5O/c1-25-16-4-9(2-3-10(16)8-21-25)17-23-18(26-24-17)15-7-12-13(20)5-11(19)6-14(12)22-15/h2-8,22H,1H3. The Morgan fingerprint density at radius 3 is 2.88 bits per heavy atom. The van der Waals surface area contributed by atoms with E-state index >= 15 is 0 Å². The molecule has 0 atom stereocenters. The molecule has 0 aliphatic rings. The Balaban J connectivity index is 1.59. The summed E-state index contributed by atoms with van der Waals surface area (Å²) in [7, 11) is 1.85. The van der Waals surface area contributed by atoms with Crippen LogP contribution in [0.25, 0.3) is 44.8 Å². The molecule has 0 fully saturated rings. The minimum absolute atomic E-state index is 0.195. The van der Waals surface area contributed by atoms with Crippen molar-refractivity contribution >= 4 is 21.8 Å². The van der Waals surface area contributed by atoms with Gasteiger partial charge in [-0.05, 0) is 18.2 Å². The van der Waals surface area contributed by atoms with Crippen molar-refractivity contribution < 1.29 is 13.3 Å². The van der Waals surface area contributed by atoms with E-state index in [0.717, 1.165) is 22.5 Å². The van der Waals surface area contributed by atoms with E-state index in [1.165, 1.54) is 12.1 Å². The summed E-state index contributed by atoms with van der Waals surface area (Å²) in [6.07, 6.45) is 1.78. The third kappa shape index (κ3) is 2.19. The fourth-order valence-corrected chi connectivity index (χ4v) is 3.01. The van der Waals surface area contributed by atoms with Crippen molar-refractivity contribution in [3.05, 3.63) is 54.2 Å². The normalized spacial score (nSPS) is 11.7. The van der Waals surface area contributed by atoms with Gasteiger partial charge in [0.1, 0.15) is 17.3 Å². The van der Waals surface area contributed by atoms with Crippen LogP contribution < -0.4 is 0 Å². The Labute approximate surface area is 145 Å². The van der Waals surface area contributed by atoms with Crippen LogP contribution in [0.15, 0.2) is 47.1 Å². The van der Waals surface area contributed by atoms with Crippen molar-refractivity contribution in [3.8, 4) is 23.0 Å². The first-order valence-electron chi connectivity index (χ1n) is 7.82. The molecule has 0 saturated carbocycles. The minimum atomic E-state index is -0.654. The summed E-state index contributed by atoms with van der Waals surface area (Å²) in [5.41, 5.74) is 2.46. The fraction of sp³-hybridized carbons (Fsp3) is 0.0556. The fourth-order valence-electron chi connectivity index (χ4n) is 3.01. The van der Waals surface area contributed by atoms with Crippen LogP contribution in [0.2, 0.25) is 0 Å². The van der Waals surface area contributed by atoms with Gasteiger partial charge in [-0.15, -0.1) is 0 Å². The molecule has 2 aromatic carbocycles. The lowest BCUT2D eigenvalue weighted by Gasteiger charge is -1.97. The number of aryl methyl sites for hydroxylation is 1. The molecule has 0 saturated heterocycles. The monoisotopic (exact) mass is 351 g/mol. The van der Waals surface area contributed by atoms with Crippen molar-refractivity contribution in [1.29, 1.82) is 0 Å². The molecule has 0 aliphatic carbocycles. The number of nitrogens with zero attached hydrogens (tertiary/aromatic N) is 4. The average Bonchev–Trinajstić information content (AvgIpc) is 3.33. The molecule has 0 bridgehead atoms. The Morgan fingerprint density at radius 2 is 2.00 bits per heavy atom. The molecule has 0 unspecified atom stereocenters. The topological polar surface area (TPSA) is 72.5 Å². The smallest absolute Gasteiger partial charge is 0.274 e. The zero-order chi connectivity index (χ0) is 17.8. The number of aromatic nitrogens is 5. The molecule has 0 amide bonds. The first-order valence-corrected chi connectivity index (χ1v) is 7.82. The number of hydrogen-bond donors (Lipinski definition) is 1. The maximum Gasteiger partial charge on any atom is 0.274 e. The van der Waals surface area contributed by atoms with E-state index in [0.29, 0.717) is 17.0 Å². The van der Waals surface area contributed by atoms with Gasteiger partial charge in [0.2, 0.25) is 5.82 Å². The molecule has 3 heterocycles. The van der Waals surface area contributed by atoms with Gasteiger partial charge < -0.3 is 9.51 Å². The molecule has 128 valence electrons. The highest BCUT2D eigenvalue weighted by Crippen LogP contribution is 2.28. The van der Waals surface area contributed by atoms with Gasteiger partial charge in [0.15, 0.2) is 0 Å². The molecule has 5 rings (SSSR count). The number of fused-ring (bicyclic) bond motifs is 2. The third-order valence-electron chi connectivity index (χ3n) is 4.32. The quantitative estimate of drug-likeness (QED) is 0.521. The molecule has 1 N–H and O–H groups in total. The number of halogens is 2. The molecular formula is C18H11F2N5O. The molecule has 0 spiro atoms. The van der Waals surface area contributed by atoms with Gasteiger partial charge in [-0.2, -0.15) is 10.1 Å². The van der Waals surface area contributed by atoms with Crippen LogP contribution >= 0.6 is 0 Å². The lowest BCUT2D eigenvalue weighted by atomic mass is 10.1. The van der Waals surface area contributed by atoms with E-state index in [4.69, 9.17) is 4.52 Å². The summed E-state index contributed by atoms with van der Waals surface area (Å²) >= 11 is 0. The van der Waals surface area contributed by atoms with Crippen molar-refractivity contribution in [3.63, 3.8) is 0 Å². The van der Waals surface area contributed by atoms with Gasteiger partial charge in [0.25, 0.3) is 5.89 Å². The summed E-state index contributed by atoms with van der Waals surface area (Å²) in [5.74, 6) is -0.711. The SMILES string of the molecule is Cn1ncc2ccc(-c3noc(-c4cc5c(F)cc(F)cc5[nH]4)n3)cc21. The van der Waals surface area contributed by atoms with Crippen LogP contribution in [0, 0.1) is 11.6 Å².